The lowest BCUT2D eigenvalue weighted by molar-refractivity contribution is 0.796. The summed E-state index contributed by atoms with van der Waals surface area (Å²) in [5.74, 6) is 0. The van der Waals surface area contributed by atoms with Gasteiger partial charge in [-0.2, -0.15) is 5.26 Å². The summed E-state index contributed by atoms with van der Waals surface area (Å²) in [6.45, 7) is 4.29. The number of rotatable bonds is 6. The van der Waals surface area contributed by atoms with Crippen molar-refractivity contribution in [2.75, 3.05) is 0 Å². The number of nitriles is 1. The van der Waals surface area contributed by atoms with Gasteiger partial charge in [-0.15, -0.1) is 11.3 Å². The van der Waals surface area contributed by atoms with Gasteiger partial charge in [0, 0.05) is 37.4 Å². The number of thiophene rings is 1. The lowest BCUT2D eigenvalue weighted by Gasteiger charge is -2.11. The van der Waals surface area contributed by atoms with Crippen molar-refractivity contribution in [3.8, 4) is 6.07 Å². The molecule has 0 aliphatic carbocycles. The Morgan fingerprint density at radius 3 is 2.20 bits per heavy atom. The van der Waals surface area contributed by atoms with Gasteiger partial charge in [-0.1, -0.05) is 109 Å². The van der Waals surface area contributed by atoms with Gasteiger partial charge < -0.3 is 4.57 Å². The van der Waals surface area contributed by atoms with Gasteiger partial charge in [0.2, 0.25) is 0 Å². The molecule has 7 aromatic carbocycles. The van der Waals surface area contributed by atoms with Crippen molar-refractivity contribution in [2.24, 2.45) is 9.98 Å². The lowest BCUT2D eigenvalue weighted by atomic mass is 9.98. The van der Waals surface area contributed by atoms with E-state index in [9.17, 15) is 5.26 Å². The Hall–Kier alpha value is -6.35. The van der Waals surface area contributed by atoms with Gasteiger partial charge in [0.1, 0.15) is 6.67 Å². The third kappa shape index (κ3) is 4.73. The van der Waals surface area contributed by atoms with Crippen LogP contribution in [0.4, 0.5) is 0 Å². The van der Waals surface area contributed by atoms with E-state index in [2.05, 4.69) is 119 Å². The largest absolute Gasteiger partial charge is 0.319 e. The Labute approximate surface area is 286 Å². The van der Waals surface area contributed by atoms with Crippen molar-refractivity contribution in [2.45, 2.75) is 6.67 Å². The zero-order valence-corrected chi connectivity index (χ0v) is 27.3. The number of allylic oxidation sites excluding steroid dienone is 1. The summed E-state index contributed by atoms with van der Waals surface area (Å²) in [5, 5.41) is 19.4. The van der Waals surface area contributed by atoms with Crippen LogP contribution in [0.25, 0.3) is 69.2 Å². The molecule has 0 N–H and O–H groups in total. The van der Waals surface area contributed by atoms with Crippen LogP contribution < -0.4 is 0 Å². The minimum absolute atomic E-state index is 0.367. The molecule has 49 heavy (non-hydrogen) atoms. The highest BCUT2D eigenvalue weighted by Crippen LogP contribution is 2.47. The van der Waals surface area contributed by atoms with Gasteiger partial charge in [0.05, 0.1) is 38.8 Å². The van der Waals surface area contributed by atoms with Crippen molar-refractivity contribution in [3.05, 3.63) is 162 Å². The molecule has 0 bridgehead atoms. The van der Waals surface area contributed by atoms with Crippen molar-refractivity contribution < 1.29 is 0 Å². The SMILES string of the molecule is C=N/C(=C\C(=N/Cn1c2ccc(C#N)cc2c2c3ccccc3c3c4ccccc4sc3c21)c1ccc2ccccc2c1)c1ccccc1. The molecular formula is C44H28N4S. The van der Waals surface area contributed by atoms with Gasteiger partial charge in [-0.25, -0.2) is 0 Å². The third-order valence-electron chi connectivity index (χ3n) is 9.41. The minimum atomic E-state index is 0.367. The second-order valence-electron chi connectivity index (χ2n) is 12.1. The first-order chi connectivity index (χ1) is 24.2. The maximum absolute atomic E-state index is 9.94. The van der Waals surface area contributed by atoms with Crippen LogP contribution in [0.15, 0.2) is 156 Å². The number of fused-ring (bicyclic) bond motifs is 11. The van der Waals surface area contributed by atoms with Crippen LogP contribution in [0, 0.1) is 11.3 Å². The average molecular weight is 645 g/mol. The van der Waals surface area contributed by atoms with Crippen LogP contribution in [-0.2, 0) is 6.67 Å². The van der Waals surface area contributed by atoms with E-state index in [-0.39, 0.29) is 0 Å². The van der Waals surface area contributed by atoms with E-state index in [1.165, 1.54) is 36.3 Å². The monoisotopic (exact) mass is 644 g/mol. The number of hydrogen-bond donors (Lipinski definition) is 0. The van der Waals surface area contributed by atoms with Crippen molar-refractivity contribution in [3.63, 3.8) is 0 Å². The van der Waals surface area contributed by atoms with E-state index in [1.54, 1.807) is 0 Å². The predicted octanol–water partition coefficient (Wildman–Crippen LogP) is 11.5. The first-order valence-corrected chi connectivity index (χ1v) is 17.0. The molecule has 2 aromatic heterocycles. The highest BCUT2D eigenvalue weighted by molar-refractivity contribution is 7.27. The fraction of sp³-hybridized carbons (Fsp3) is 0.0227. The summed E-state index contributed by atoms with van der Waals surface area (Å²) in [4.78, 5) is 9.84. The standard InChI is InChI=1S/C44H28N4S/c1-46-37(30-12-3-2-4-13-30)25-38(32-21-20-29-11-5-6-14-31(29)24-32)47-27-48-39-22-19-28(26-45)23-36(39)41-33-15-7-8-16-34(33)42-35-17-9-10-18-40(35)49-44(42)43(41)48/h2-25H,1,27H2/b37-25-,47-38+. The number of nitrogens with zero attached hydrogens (tertiary/aromatic N) is 4. The predicted molar refractivity (Wildman–Crippen MR) is 209 cm³/mol. The minimum Gasteiger partial charge on any atom is -0.319 e. The van der Waals surface area contributed by atoms with E-state index in [0.29, 0.717) is 12.2 Å². The van der Waals surface area contributed by atoms with E-state index >= 15 is 0 Å². The van der Waals surface area contributed by atoms with Gasteiger partial charge >= 0.3 is 0 Å². The van der Waals surface area contributed by atoms with Crippen LogP contribution in [0.2, 0.25) is 0 Å². The first-order valence-electron chi connectivity index (χ1n) is 16.2. The van der Waals surface area contributed by atoms with E-state index in [0.717, 1.165) is 49.7 Å². The summed E-state index contributed by atoms with van der Waals surface area (Å²) in [6, 6.07) is 50.6. The molecule has 230 valence electrons. The molecular weight excluding hydrogens is 617 g/mol. The molecule has 0 saturated heterocycles. The Balaban J connectivity index is 1.36. The highest BCUT2D eigenvalue weighted by atomic mass is 32.1. The molecule has 0 spiro atoms. The van der Waals surface area contributed by atoms with Crippen LogP contribution >= 0.6 is 11.3 Å². The van der Waals surface area contributed by atoms with Crippen LogP contribution in [0.3, 0.4) is 0 Å². The molecule has 9 aromatic rings. The molecule has 0 saturated carbocycles. The van der Waals surface area contributed by atoms with Crippen molar-refractivity contribution in [1.29, 1.82) is 5.26 Å². The second-order valence-corrected chi connectivity index (χ2v) is 13.2. The molecule has 0 atom stereocenters. The first kappa shape index (κ1) is 28.8. The Bertz CT molecular complexity index is 2880. The number of aromatic nitrogens is 1. The Kier molecular flexibility index (Phi) is 6.89. The van der Waals surface area contributed by atoms with Gasteiger partial charge in [-0.05, 0) is 64.7 Å². The van der Waals surface area contributed by atoms with E-state index < -0.39 is 0 Å². The molecule has 0 aliphatic rings. The molecule has 9 rings (SSSR count). The molecule has 0 radical (unpaired) electrons. The molecule has 4 nitrogen and oxygen atoms in total. The van der Waals surface area contributed by atoms with Gasteiger partial charge in [0.15, 0.2) is 0 Å². The fourth-order valence-electron chi connectivity index (χ4n) is 7.15. The summed E-state index contributed by atoms with van der Waals surface area (Å²) in [5.41, 5.74) is 6.36. The number of aliphatic imine (C=N–C) groups is 2. The summed E-state index contributed by atoms with van der Waals surface area (Å²) < 4.78 is 4.80. The average Bonchev–Trinajstić information content (AvgIpc) is 3.71. The Morgan fingerprint density at radius 2 is 1.41 bits per heavy atom. The van der Waals surface area contributed by atoms with Crippen molar-refractivity contribution in [1.82, 2.24) is 4.57 Å². The van der Waals surface area contributed by atoms with Crippen LogP contribution in [-0.4, -0.2) is 17.0 Å². The summed E-state index contributed by atoms with van der Waals surface area (Å²) in [6.07, 6.45) is 2.04. The number of benzene rings is 7. The third-order valence-corrected chi connectivity index (χ3v) is 10.6. The second kappa shape index (κ2) is 11.7. The Morgan fingerprint density at radius 1 is 0.694 bits per heavy atom. The molecule has 0 amide bonds. The highest BCUT2D eigenvalue weighted by Gasteiger charge is 2.21. The molecule has 0 fully saturated rings. The van der Waals surface area contributed by atoms with Crippen LogP contribution in [0.5, 0.6) is 0 Å². The summed E-state index contributed by atoms with van der Waals surface area (Å²) >= 11 is 1.82. The topological polar surface area (TPSA) is 53.4 Å². The fourth-order valence-corrected chi connectivity index (χ4v) is 8.43. The van der Waals surface area contributed by atoms with Gasteiger partial charge in [-0.3, -0.25) is 9.98 Å². The zero-order valence-electron chi connectivity index (χ0n) is 26.5. The normalized spacial score (nSPS) is 12.5. The van der Waals surface area contributed by atoms with Crippen molar-refractivity contribution >= 4 is 93.0 Å². The van der Waals surface area contributed by atoms with E-state index in [1.807, 2.05) is 59.9 Å². The molecule has 5 heteroatoms. The zero-order chi connectivity index (χ0) is 32.9. The molecule has 2 heterocycles. The van der Waals surface area contributed by atoms with E-state index in [4.69, 9.17) is 4.99 Å². The molecule has 0 aliphatic heterocycles. The maximum atomic E-state index is 9.94. The lowest BCUT2D eigenvalue weighted by Crippen LogP contribution is -2.03. The molecule has 0 unspecified atom stereocenters. The van der Waals surface area contributed by atoms with Crippen LogP contribution in [0.1, 0.15) is 16.7 Å². The smallest absolute Gasteiger partial charge is 0.115 e. The maximum Gasteiger partial charge on any atom is 0.115 e. The summed E-state index contributed by atoms with van der Waals surface area (Å²) in [7, 11) is 0. The quantitative estimate of drug-likeness (QED) is 0.166. The van der Waals surface area contributed by atoms with Gasteiger partial charge in [0.25, 0.3) is 0 Å². The number of hydrogen-bond acceptors (Lipinski definition) is 4.